The highest BCUT2D eigenvalue weighted by atomic mass is 35.5. The van der Waals surface area contributed by atoms with Crippen LogP contribution in [0.1, 0.15) is 17.2 Å². The van der Waals surface area contributed by atoms with Gasteiger partial charge in [0.25, 0.3) is 0 Å². The van der Waals surface area contributed by atoms with Gasteiger partial charge in [-0.1, -0.05) is 17.7 Å². The van der Waals surface area contributed by atoms with Gasteiger partial charge in [-0.25, -0.2) is 4.39 Å². The van der Waals surface area contributed by atoms with E-state index in [0.717, 1.165) is 5.56 Å². The number of rotatable bonds is 2. The molecule has 1 nitrogen and oxygen atoms in total. The minimum atomic E-state index is -0.423. The first-order valence-corrected chi connectivity index (χ1v) is 5.73. The highest BCUT2D eigenvalue weighted by molar-refractivity contribution is 7.08. The lowest BCUT2D eigenvalue weighted by atomic mass is 10.0. The Balaban J connectivity index is 2.38. The Kier molecular flexibility index (Phi) is 3.05. The largest absolute Gasteiger partial charge is 0.320 e. The van der Waals surface area contributed by atoms with Gasteiger partial charge in [-0.15, -0.1) is 0 Å². The normalized spacial score (nSPS) is 12.7. The molecule has 0 aliphatic heterocycles. The van der Waals surface area contributed by atoms with E-state index in [9.17, 15) is 4.39 Å². The van der Waals surface area contributed by atoms with Crippen LogP contribution in [0.15, 0.2) is 35.0 Å². The van der Waals surface area contributed by atoms with Gasteiger partial charge in [0, 0.05) is 10.6 Å². The Morgan fingerprint density at radius 3 is 2.73 bits per heavy atom. The van der Waals surface area contributed by atoms with E-state index in [1.54, 1.807) is 23.5 Å². The summed E-state index contributed by atoms with van der Waals surface area (Å²) in [5.41, 5.74) is 7.32. The van der Waals surface area contributed by atoms with Crippen LogP contribution in [0.4, 0.5) is 4.39 Å². The van der Waals surface area contributed by atoms with Crippen LogP contribution in [-0.2, 0) is 0 Å². The van der Waals surface area contributed by atoms with Crippen molar-refractivity contribution >= 4 is 22.9 Å². The quantitative estimate of drug-likeness (QED) is 0.855. The van der Waals surface area contributed by atoms with Gasteiger partial charge < -0.3 is 5.73 Å². The summed E-state index contributed by atoms with van der Waals surface area (Å²) in [6.07, 6.45) is 0. The molecule has 2 N–H and O–H groups in total. The maximum atomic E-state index is 13.5. The molecule has 0 saturated heterocycles. The molecule has 0 spiro atoms. The third-order valence-corrected chi connectivity index (χ3v) is 3.14. The van der Waals surface area contributed by atoms with E-state index >= 15 is 0 Å². The van der Waals surface area contributed by atoms with Crippen molar-refractivity contribution in [3.8, 4) is 0 Å². The number of hydrogen-bond acceptors (Lipinski definition) is 2. The van der Waals surface area contributed by atoms with Crippen LogP contribution in [0.5, 0.6) is 0 Å². The van der Waals surface area contributed by atoms with Crippen LogP contribution in [0.2, 0.25) is 5.02 Å². The zero-order valence-electron chi connectivity index (χ0n) is 7.78. The number of nitrogens with two attached hydrogens (primary N) is 1. The van der Waals surface area contributed by atoms with Gasteiger partial charge in [0.1, 0.15) is 5.82 Å². The van der Waals surface area contributed by atoms with E-state index in [-0.39, 0.29) is 5.82 Å². The van der Waals surface area contributed by atoms with Crippen molar-refractivity contribution in [1.82, 2.24) is 0 Å². The second kappa shape index (κ2) is 4.31. The molecule has 1 aromatic carbocycles. The van der Waals surface area contributed by atoms with Gasteiger partial charge in [-0.3, -0.25) is 0 Å². The highest BCUT2D eigenvalue weighted by Crippen LogP contribution is 2.25. The summed E-state index contributed by atoms with van der Waals surface area (Å²) in [4.78, 5) is 0. The van der Waals surface area contributed by atoms with E-state index in [4.69, 9.17) is 17.3 Å². The van der Waals surface area contributed by atoms with Crippen LogP contribution in [0.25, 0.3) is 0 Å². The van der Waals surface area contributed by atoms with Crippen molar-refractivity contribution in [2.45, 2.75) is 6.04 Å². The first kappa shape index (κ1) is 10.6. The van der Waals surface area contributed by atoms with E-state index in [1.165, 1.54) is 6.07 Å². The minimum absolute atomic E-state index is 0.360. The summed E-state index contributed by atoms with van der Waals surface area (Å²) in [5, 5.41) is 4.22. The third-order valence-electron chi connectivity index (χ3n) is 2.20. The smallest absolute Gasteiger partial charge is 0.129 e. The van der Waals surface area contributed by atoms with Crippen LogP contribution in [0, 0.1) is 5.82 Å². The first-order valence-electron chi connectivity index (χ1n) is 4.41. The predicted octanol–water partition coefficient (Wildman–Crippen LogP) is 3.59. The zero-order chi connectivity index (χ0) is 10.8. The lowest BCUT2D eigenvalue weighted by Gasteiger charge is -2.11. The fraction of sp³-hybridized carbons (Fsp3) is 0.0909. The molecular formula is C11H9ClFNS. The maximum absolute atomic E-state index is 13.5. The molecule has 4 heteroatoms. The average molecular weight is 242 g/mol. The van der Waals surface area contributed by atoms with Crippen LogP contribution in [-0.4, -0.2) is 0 Å². The average Bonchev–Trinajstić information content (AvgIpc) is 2.69. The summed E-state index contributed by atoms with van der Waals surface area (Å²) < 4.78 is 13.5. The molecule has 0 aliphatic rings. The summed E-state index contributed by atoms with van der Waals surface area (Å²) in [6, 6.07) is 6.02. The van der Waals surface area contributed by atoms with Gasteiger partial charge in [-0.2, -0.15) is 11.3 Å². The maximum Gasteiger partial charge on any atom is 0.129 e. The lowest BCUT2D eigenvalue weighted by molar-refractivity contribution is 0.600. The van der Waals surface area contributed by atoms with Crippen LogP contribution >= 0.6 is 22.9 Å². The molecule has 0 saturated carbocycles. The van der Waals surface area contributed by atoms with Gasteiger partial charge in [0.15, 0.2) is 0 Å². The SMILES string of the molecule is NC(c1ccsc1)c1ccc(Cl)cc1F. The molecule has 1 unspecified atom stereocenters. The Hall–Kier alpha value is -0.900. The standard InChI is InChI=1S/C11H9ClFNS/c12-8-1-2-9(10(13)5-8)11(14)7-3-4-15-6-7/h1-6,11H,14H2. The van der Waals surface area contributed by atoms with E-state index in [1.807, 2.05) is 16.8 Å². The Morgan fingerprint density at radius 2 is 2.13 bits per heavy atom. The fourth-order valence-corrected chi connectivity index (χ4v) is 2.24. The van der Waals surface area contributed by atoms with Crippen LogP contribution in [0.3, 0.4) is 0 Å². The molecule has 2 aromatic rings. The van der Waals surface area contributed by atoms with Crippen molar-refractivity contribution in [3.63, 3.8) is 0 Å². The molecule has 2 rings (SSSR count). The topological polar surface area (TPSA) is 26.0 Å². The number of benzene rings is 1. The second-order valence-corrected chi connectivity index (χ2v) is 4.42. The van der Waals surface area contributed by atoms with Gasteiger partial charge in [0.05, 0.1) is 6.04 Å². The van der Waals surface area contributed by atoms with Crippen molar-refractivity contribution < 1.29 is 4.39 Å². The Labute approximate surface area is 96.3 Å². The summed E-state index contributed by atoms with van der Waals surface area (Å²) in [6.45, 7) is 0. The molecule has 0 bridgehead atoms. The van der Waals surface area contributed by atoms with Gasteiger partial charge in [-0.05, 0) is 34.5 Å². The van der Waals surface area contributed by atoms with Crippen molar-refractivity contribution in [2.75, 3.05) is 0 Å². The molecule has 0 fully saturated rings. The third kappa shape index (κ3) is 2.20. The summed E-state index contributed by atoms with van der Waals surface area (Å²) in [7, 11) is 0. The molecule has 15 heavy (non-hydrogen) atoms. The molecule has 0 radical (unpaired) electrons. The number of thiophene rings is 1. The number of hydrogen-bond donors (Lipinski definition) is 1. The summed E-state index contributed by atoms with van der Waals surface area (Å²) in [5.74, 6) is -0.360. The van der Waals surface area contributed by atoms with E-state index in [0.29, 0.717) is 10.6 Å². The monoisotopic (exact) mass is 241 g/mol. The molecule has 1 aromatic heterocycles. The van der Waals surface area contributed by atoms with Gasteiger partial charge >= 0.3 is 0 Å². The Bertz CT molecular complexity index is 456. The fourth-order valence-electron chi connectivity index (χ4n) is 1.39. The van der Waals surface area contributed by atoms with Gasteiger partial charge in [0.2, 0.25) is 0 Å². The van der Waals surface area contributed by atoms with Crippen molar-refractivity contribution in [3.05, 3.63) is 57.0 Å². The molecule has 78 valence electrons. The molecule has 1 atom stereocenters. The first-order chi connectivity index (χ1) is 7.18. The minimum Gasteiger partial charge on any atom is -0.320 e. The highest BCUT2D eigenvalue weighted by Gasteiger charge is 2.13. The lowest BCUT2D eigenvalue weighted by Crippen LogP contribution is -2.12. The summed E-state index contributed by atoms with van der Waals surface area (Å²) >= 11 is 7.21. The zero-order valence-corrected chi connectivity index (χ0v) is 9.36. The number of halogens is 2. The second-order valence-electron chi connectivity index (χ2n) is 3.20. The van der Waals surface area contributed by atoms with Crippen molar-refractivity contribution in [1.29, 1.82) is 0 Å². The molecule has 0 amide bonds. The predicted molar refractivity (Wildman–Crippen MR) is 61.8 cm³/mol. The molecule has 0 aliphatic carbocycles. The van der Waals surface area contributed by atoms with Crippen molar-refractivity contribution in [2.24, 2.45) is 5.73 Å². The van der Waals surface area contributed by atoms with Crippen LogP contribution < -0.4 is 5.73 Å². The van der Waals surface area contributed by atoms with E-state index < -0.39 is 6.04 Å². The Morgan fingerprint density at radius 1 is 1.33 bits per heavy atom. The molecular weight excluding hydrogens is 233 g/mol. The molecule has 1 heterocycles. The van der Waals surface area contributed by atoms with E-state index in [2.05, 4.69) is 0 Å².